The van der Waals surface area contributed by atoms with Gasteiger partial charge in [0.15, 0.2) is 0 Å². The molecule has 0 aliphatic rings. The van der Waals surface area contributed by atoms with Gasteiger partial charge in [-0.3, -0.25) is 0 Å². The minimum atomic E-state index is 0.155. The standard InChI is InChI=1S/C13H11Br2ClINS/c1-2-18-12(11-6-10(16)13(15)19-11)8-5-7(17)3-4-9(8)14/h3-6,12,18H,2H2,1H3. The van der Waals surface area contributed by atoms with Crippen molar-refractivity contribution in [1.82, 2.24) is 5.32 Å². The molecule has 1 heterocycles. The van der Waals surface area contributed by atoms with Crippen LogP contribution in [-0.4, -0.2) is 6.54 Å². The lowest BCUT2D eigenvalue weighted by molar-refractivity contribution is 0.637. The minimum absolute atomic E-state index is 0.155. The van der Waals surface area contributed by atoms with Crippen LogP contribution in [0, 0.1) is 3.57 Å². The topological polar surface area (TPSA) is 12.0 Å². The van der Waals surface area contributed by atoms with E-state index in [-0.39, 0.29) is 6.04 Å². The molecule has 2 rings (SSSR count). The summed E-state index contributed by atoms with van der Waals surface area (Å²) < 4.78 is 3.31. The van der Waals surface area contributed by atoms with Gasteiger partial charge in [0.2, 0.25) is 0 Å². The third-order valence-electron chi connectivity index (χ3n) is 2.63. The molecule has 1 aromatic heterocycles. The number of thiophene rings is 1. The maximum Gasteiger partial charge on any atom is 0.0888 e. The zero-order valence-electron chi connectivity index (χ0n) is 10.0. The van der Waals surface area contributed by atoms with Crippen molar-refractivity contribution in [2.45, 2.75) is 13.0 Å². The maximum absolute atomic E-state index is 6.15. The lowest BCUT2D eigenvalue weighted by Crippen LogP contribution is -2.21. The van der Waals surface area contributed by atoms with Crippen LogP contribution in [0.5, 0.6) is 0 Å². The van der Waals surface area contributed by atoms with Crippen molar-refractivity contribution in [2.75, 3.05) is 6.54 Å². The average Bonchev–Trinajstić information content (AvgIpc) is 2.70. The van der Waals surface area contributed by atoms with Gasteiger partial charge in [0, 0.05) is 12.9 Å². The summed E-state index contributed by atoms with van der Waals surface area (Å²) in [6.45, 7) is 3.01. The minimum Gasteiger partial charge on any atom is -0.306 e. The van der Waals surface area contributed by atoms with E-state index in [1.54, 1.807) is 11.3 Å². The summed E-state index contributed by atoms with van der Waals surface area (Å²) in [7, 11) is 0. The Balaban J connectivity index is 2.47. The van der Waals surface area contributed by atoms with Crippen LogP contribution in [0.3, 0.4) is 0 Å². The first kappa shape index (κ1) is 16.2. The highest BCUT2D eigenvalue weighted by atomic mass is 127. The average molecular weight is 535 g/mol. The number of benzene rings is 1. The Morgan fingerprint density at radius 2 is 2.11 bits per heavy atom. The molecule has 0 spiro atoms. The molecular weight excluding hydrogens is 524 g/mol. The van der Waals surface area contributed by atoms with Crippen LogP contribution in [-0.2, 0) is 0 Å². The van der Waals surface area contributed by atoms with Crippen LogP contribution in [0.1, 0.15) is 23.4 Å². The van der Waals surface area contributed by atoms with Gasteiger partial charge in [0.05, 0.1) is 14.9 Å². The second kappa shape index (κ2) is 7.22. The first-order valence-corrected chi connectivity index (χ1v) is 9.52. The van der Waals surface area contributed by atoms with Crippen LogP contribution in [0.4, 0.5) is 0 Å². The Kier molecular flexibility index (Phi) is 6.17. The van der Waals surface area contributed by atoms with Crippen molar-refractivity contribution in [3.63, 3.8) is 0 Å². The second-order valence-corrected chi connectivity index (χ2v) is 8.84. The first-order chi connectivity index (χ1) is 9.02. The Labute approximate surface area is 152 Å². The molecule has 6 heteroatoms. The van der Waals surface area contributed by atoms with Crippen molar-refractivity contribution in [3.8, 4) is 0 Å². The predicted molar refractivity (Wildman–Crippen MR) is 99.4 cm³/mol. The fourth-order valence-corrected chi connectivity index (χ4v) is 4.64. The Bertz CT molecular complexity index is 569. The number of nitrogens with one attached hydrogen (secondary N) is 1. The Morgan fingerprint density at radius 3 is 2.68 bits per heavy atom. The molecule has 0 bridgehead atoms. The zero-order chi connectivity index (χ0) is 14.0. The molecule has 1 N–H and O–H groups in total. The number of rotatable bonds is 4. The summed E-state index contributed by atoms with van der Waals surface area (Å²) in [4.78, 5) is 1.21. The van der Waals surface area contributed by atoms with E-state index in [0.29, 0.717) is 0 Å². The summed E-state index contributed by atoms with van der Waals surface area (Å²) in [5, 5.41) is 4.29. The normalized spacial score (nSPS) is 12.7. The van der Waals surface area contributed by atoms with Crippen molar-refractivity contribution in [3.05, 3.63) is 51.6 Å². The lowest BCUT2D eigenvalue weighted by atomic mass is 10.1. The maximum atomic E-state index is 6.15. The largest absolute Gasteiger partial charge is 0.306 e. The van der Waals surface area contributed by atoms with Crippen LogP contribution in [0.2, 0.25) is 5.02 Å². The van der Waals surface area contributed by atoms with Crippen LogP contribution >= 0.6 is 77.4 Å². The van der Waals surface area contributed by atoms with Gasteiger partial charge < -0.3 is 5.32 Å². The monoisotopic (exact) mass is 533 g/mol. The van der Waals surface area contributed by atoms with Gasteiger partial charge in [-0.2, -0.15) is 0 Å². The Hall–Kier alpha value is 0.860. The zero-order valence-corrected chi connectivity index (χ0v) is 16.9. The predicted octanol–water partition coefficient (Wildman–Crippen LogP) is 6.23. The first-order valence-electron chi connectivity index (χ1n) is 5.66. The molecule has 0 aliphatic heterocycles. The quantitative estimate of drug-likeness (QED) is 0.458. The summed E-state index contributed by atoms with van der Waals surface area (Å²) >= 11 is 17.3. The SMILES string of the molecule is CCNC(c1cc(Cl)c(Br)s1)c1cc(I)ccc1Br. The molecule has 1 atom stereocenters. The second-order valence-electron chi connectivity index (χ2n) is 3.93. The van der Waals surface area contributed by atoms with Crippen molar-refractivity contribution >= 4 is 77.4 Å². The lowest BCUT2D eigenvalue weighted by Gasteiger charge is -2.18. The van der Waals surface area contributed by atoms with Crippen molar-refractivity contribution in [1.29, 1.82) is 0 Å². The molecule has 19 heavy (non-hydrogen) atoms. The molecule has 0 saturated carbocycles. The molecule has 1 unspecified atom stereocenters. The molecular formula is C13H11Br2ClINS. The molecule has 1 nitrogen and oxygen atoms in total. The van der Waals surface area contributed by atoms with Gasteiger partial charge in [-0.1, -0.05) is 34.5 Å². The van der Waals surface area contributed by atoms with Gasteiger partial charge in [-0.15, -0.1) is 11.3 Å². The molecule has 102 valence electrons. The van der Waals surface area contributed by atoms with E-state index in [9.17, 15) is 0 Å². The van der Waals surface area contributed by atoms with Crippen LogP contribution in [0.25, 0.3) is 0 Å². The number of hydrogen-bond donors (Lipinski definition) is 1. The summed E-state index contributed by atoms with van der Waals surface area (Å²) in [5.74, 6) is 0. The van der Waals surface area contributed by atoms with E-state index in [1.165, 1.54) is 14.0 Å². The molecule has 2 aromatic rings. The van der Waals surface area contributed by atoms with Crippen LogP contribution in [0.15, 0.2) is 32.5 Å². The highest BCUT2D eigenvalue weighted by Gasteiger charge is 2.19. The molecule has 0 saturated heterocycles. The molecule has 0 fully saturated rings. The molecule has 0 amide bonds. The summed E-state index contributed by atoms with van der Waals surface area (Å²) in [6.07, 6.45) is 0. The molecule has 1 aromatic carbocycles. The fourth-order valence-electron chi connectivity index (χ4n) is 1.81. The van der Waals surface area contributed by atoms with Gasteiger partial charge in [0.1, 0.15) is 0 Å². The highest BCUT2D eigenvalue weighted by molar-refractivity contribution is 14.1. The molecule has 0 aliphatic carbocycles. The van der Waals surface area contributed by atoms with E-state index < -0.39 is 0 Å². The van der Waals surface area contributed by atoms with E-state index in [2.05, 4.69) is 84.9 Å². The van der Waals surface area contributed by atoms with Gasteiger partial charge in [-0.05, 0) is 74.9 Å². The van der Waals surface area contributed by atoms with E-state index in [1.807, 2.05) is 6.07 Å². The van der Waals surface area contributed by atoms with Gasteiger partial charge in [-0.25, -0.2) is 0 Å². The third-order valence-corrected chi connectivity index (χ3v) is 6.56. The third kappa shape index (κ3) is 3.95. The van der Waals surface area contributed by atoms with Gasteiger partial charge >= 0.3 is 0 Å². The van der Waals surface area contributed by atoms with E-state index >= 15 is 0 Å². The summed E-state index contributed by atoms with van der Waals surface area (Å²) in [6, 6.07) is 8.55. The van der Waals surface area contributed by atoms with E-state index in [4.69, 9.17) is 11.6 Å². The van der Waals surface area contributed by atoms with Crippen molar-refractivity contribution in [2.24, 2.45) is 0 Å². The van der Waals surface area contributed by atoms with Gasteiger partial charge in [0.25, 0.3) is 0 Å². The van der Waals surface area contributed by atoms with E-state index in [0.717, 1.165) is 19.8 Å². The highest BCUT2D eigenvalue weighted by Crippen LogP contribution is 2.39. The number of halogens is 4. The Morgan fingerprint density at radius 1 is 1.37 bits per heavy atom. The van der Waals surface area contributed by atoms with Crippen molar-refractivity contribution < 1.29 is 0 Å². The fraction of sp³-hybridized carbons (Fsp3) is 0.231. The summed E-state index contributed by atoms with van der Waals surface area (Å²) in [5.41, 5.74) is 1.24. The number of hydrogen-bond acceptors (Lipinski definition) is 2. The molecule has 0 radical (unpaired) electrons. The van der Waals surface area contributed by atoms with Crippen LogP contribution < -0.4 is 5.32 Å². The smallest absolute Gasteiger partial charge is 0.0888 e.